The van der Waals surface area contributed by atoms with E-state index in [1.165, 1.54) is 103 Å². The zero-order valence-corrected chi connectivity index (χ0v) is 20.7. The van der Waals surface area contributed by atoms with Crippen molar-refractivity contribution >= 4 is 5.91 Å². The highest BCUT2D eigenvalue weighted by Crippen LogP contribution is 2.14. The Morgan fingerprint density at radius 1 is 0.517 bits per heavy atom. The van der Waals surface area contributed by atoms with Gasteiger partial charge in [-0.15, -0.1) is 0 Å². The van der Waals surface area contributed by atoms with Gasteiger partial charge in [0.25, 0.3) is 0 Å². The van der Waals surface area contributed by atoms with E-state index in [4.69, 9.17) is 0 Å². The molecular formula is C26H54N2O. The van der Waals surface area contributed by atoms with Gasteiger partial charge in [0, 0.05) is 20.0 Å². The van der Waals surface area contributed by atoms with Crippen molar-refractivity contribution in [3.8, 4) is 0 Å². The molecule has 0 aromatic carbocycles. The van der Waals surface area contributed by atoms with Crippen LogP contribution in [-0.2, 0) is 4.79 Å². The maximum absolute atomic E-state index is 12.1. The van der Waals surface area contributed by atoms with E-state index >= 15 is 0 Å². The van der Waals surface area contributed by atoms with Crippen LogP contribution in [0.2, 0.25) is 0 Å². The SMILES string of the molecule is CCCCCCCCCCCCCCCCCCCC(=O)N(C)CCCN(C)C. The fourth-order valence-electron chi connectivity index (χ4n) is 3.94. The van der Waals surface area contributed by atoms with E-state index in [9.17, 15) is 4.79 Å². The molecule has 174 valence electrons. The highest BCUT2D eigenvalue weighted by atomic mass is 16.2. The van der Waals surface area contributed by atoms with E-state index < -0.39 is 0 Å². The van der Waals surface area contributed by atoms with Crippen LogP contribution in [-0.4, -0.2) is 49.9 Å². The van der Waals surface area contributed by atoms with Crippen molar-refractivity contribution in [3.05, 3.63) is 0 Å². The number of carbonyl (C=O) groups excluding carboxylic acids is 1. The van der Waals surface area contributed by atoms with Gasteiger partial charge in [0.2, 0.25) is 5.91 Å². The van der Waals surface area contributed by atoms with Crippen LogP contribution in [0.1, 0.15) is 129 Å². The topological polar surface area (TPSA) is 23.6 Å². The molecule has 0 atom stereocenters. The molecule has 0 saturated heterocycles. The summed E-state index contributed by atoms with van der Waals surface area (Å²) >= 11 is 0. The lowest BCUT2D eigenvalue weighted by Gasteiger charge is -2.18. The maximum atomic E-state index is 12.1. The van der Waals surface area contributed by atoms with E-state index in [1.807, 2.05) is 11.9 Å². The average Bonchev–Trinajstić information content (AvgIpc) is 2.69. The number of rotatable bonds is 22. The highest BCUT2D eigenvalue weighted by molar-refractivity contribution is 5.75. The number of amides is 1. The van der Waals surface area contributed by atoms with Crippen LogP contribution in [0.5, 0.6) is 0 Å². The third-order valence-electron chi connectivity index (χ3n) is 6.02. The number of nitrogens with zero attached hydrogens (tertiary/aromatic N) is 2. The Morgan fingerprint density at radius 3 is 1.28 bits per heavy atom. The second kappa shape index (κ2) is 22.1. The van der Waals surface area contributed by atoms with Crippen molar-refractivity contribution in [3.63, 3.8) is 0 Å². The van der Waals surface area contributed by atoms with E-state index in [2.05, 4.69) is 25.9 Å². The minimum atomic E-state index is 0.324. The average molecular weight is 411 g/mol. The molecule has 0 fully saturated rings. The van der Waals surface area contributed by atoms with E-state index in [-0.39, 0.29) is 0 Å². The van der Waals surface area contributed by atoms with Crippen molar-refractivity contribution in [1.29, 1.82) is 0 Å². The van der Waals surface area contributed by atoms with Crippen molar-refractivity contribution < 1.29 is 4.79 Å². The van der Waals surface area contributed by atoms with Crippen LogP contribution in [0.4, 0.5) is 0 Å². The summed E-state index contributed by atoms with van der Waals surface area (Å²) in [4.78, 5) is 16.2. The van der Waals surface area contributed by atoms with Gasteiger partial charge >= 0.3 is 0 Å². The van der Waals surface area contributed by atoms with Crippen molar-refractivity contribution in [2.75, 3.05) is 34.2 Å². The van der Waals surface area contributed by atoms with Crippen LogP contribution in [0.25, 0.3) is 0 Å². The van der Waals surface area contributed by atoms with E-state index in [0.29, 0.717) is 5.91 Å². The molecule has 0 aliphatic rings. The Hall–Kier alpha value is -0.570. The standard InChI is InChI=1S/C26H54N2O/c1-5-6-7-8-9-10-11-12-13-14-15-16-17-18-19-20-21-23-26(29)28(4)25-22-24-27(2)3/h5-25H2,1-4H3. The molecular weight excluding hydrogens is 356 g/mol. The Labute approximate surface area is 184 Å². The van der Waals surface area contributed by atoms with Crippen LogP contribution in [0.15, 0.2) is 0 Å². The molecule has 0 radical (unpaired) electrons. The first-order chi connectivity index (χ1) is 14.1. The van der Waals surface area contributed by atoms with E-state index in [1.54, 1.807) is 0 Å². The molecule has 1 amide bonds. The molecule has 0 aromatic heterocycles. The number of carbonyl (C=O) groups is 1. The molecule has 0 saturated carbocycles. The summed E-state index contributed by atoms with van der Waals surface area (Å²) in [6.45, 7) is 4.23. The molecule has 0 unspecified atom stereocenters. The van der Waals surface area contributed by atoms with Crippen LogP contribution in [0.3, 0.4) is 0 Å². The maximum Gasteiger partial charge on any atom is 0.222 e. The second-order valence-corrected chi connectivity index (χ2v) is 9.38. The zero-order valence-electron chi connectivity index (χ0n) is 20.7. The molecule has 0 rings (SSSR count). The summed E-state index contributed by atoms with van der Waals surface area (Å²) in [5.74, 6) is 0.324. The minimum Gasteiger partial charge on any atom is -0.346 e. The number of unbranched alkanes of at least 4 members (excludes halogenated alkanes) is 16. The molecule has 0 bridgehead atoms. The lowest BCUT2D eigenvalue weighted by Crippen LogP contribution is -2.29. The van der Waals surface area contributed by atoms with Gasteiger partial charge in [-0.2, -0.15) is 0 Å². The molecule has 3 heteroatoms. The van der Waals surface area contributed by atoms with Crippen LogP contribution >= 0.6 is 0 Å². The summed E-state index contributed by atoms with van der Waals surface area (Å²) in [5.41, 5.74) is 0. The van der Waals surface area contributed by atoms with E-state index in [0.717, 1.165) is 32.4 Å². The fraction of sp³-hybridized carbons (Fsp3) is 0.962. The fourth-order valence-corrected chi connectivity index (χ4v) is 3.94. The van der Waals surface area contributed by atoms with Crippen molar-refractivity contribution in [2.45, 2.75) is 129 Å². The smallest absolute Gasteiger partial charge is 0.222 e. The molecule has 0 aliphatic heterocycles. The van der Waals surface area contributed by atoms with Gasteiger partial charge in [0.15, 0.2) is 0 Å². The first-order valence-corrected chi connectivity index (χ1v) is 13.0. The number of hydrogen-bond acceptors (Lipinski definition) is 2. The van der Waals surface area contributed by atoms with Gasteiger partial charge < -0.3 is 9.80 Å². The summed E-state index contributed by atoms with van der Waals surface area (Å²) in [6.07, 6.45) is 25.3. The van der Waals surface area contributed by atoms with Crippen LogP contribution < -0.4 is 0 Å². The molecule has 3 nitrogen and oxygen atoms in total. The summed E-state index contributed by atoms with van der Waals surface area (Å²) in [5, 5.41) is 0. The van der Waals surface area contributed by atoms with Crippen LogP contribution in [0, 0.1) is 0 Å². The van der Waals surface area contributed by atoms with Crippen molar-refractivity contribution in [2.24, 2.45) is 0 Å². The largest absolute Gasteiger partial charge is 0.346 e. The first-order valence-electron chi connectivity index (χ1n) is 13.0. The molecule has 29 heavy (non-hydrogen) atoms. The Kier molecular flexibility index (Phi) is 21.7. The van der Waals surface area contributed by atoms with Gasteiger partial charge in [-0.25, -0.2) is 0 Å². The van der Waals surface area contributed by atoms with Gasteiger partial charge in [0.1, 0.15) is 0 Å². The monoisotopic (exact) mass is 410 g/mol. The second-order valence-electron chi connectivity index (χ2n) is 9.38. The lowest BCUT2D eigenvalue weighted by atomic mass is 10.0. The minimum absolute atomic E-state index is 0.324. The molecule has 0 spiro atoms. The summed E-state index contributed by atoms with van der Waals surface area (Å²) < 4.78 is 0. The molecule has 0 heterocycles. The summed E-state index contributed by atoms with van der Waals surface area (Å²) in [7, 11) is 6.11. The third-order valence-corrected chi connectivity index (χ3v) is 6.02. The Bertz CT molecular complexity index is 344. The number of hydrogen-bond donors (Lipinski definition) is 0. The van der Waals surface area contributed by atoms with Crippen molar-refractivity contribution in [1.82, 2.24) is 9.80 Å². The van der Waals surface area contributed by atoms with Gasteiger partial charge in [0.05, 0.1) is 0 Å². The Morgan fingerprint density at radius 2 is 0.897 bits per heavy atom. The molecule has 0 aromatic rings. The normalized spacial score (nSPS) is 11.3. The van der Waals surface area contributed by atoms with Gasteiger partial charge in [-0.1, -0.05) is 110 Å². The quantitative estimate of drug-likeness (QED) is 0.173. The zero-order chi connectivity index (χ0) is 21.6. The predicted octanol–water partition coefficient (Wildman–Crippen LogP) is 7.44. The molecule has 0 N–H and O–H groups in total. The Balaban J connectivity index is 3.22. The third kappa shape index (κ3) is 21.9. The summed E-state index contributed by atoms with van der Waals surface area (Å²) in [6, 6.07) is 0. The van der Waals surface area contributed by atoms with Gasteiger partial charge in [-0.05, 0) is 33.5 Å². The molecule has 0 aliphatic carbocycles. The van der Waals surface area contributed by atoms with Gasteiger partial charge in [-0.3, -0.25) is 4.79 Å². The highest BCUT2D eigenvalue weighted by Gasteiger charge is 2.07. The lowest BCUT2D eigenvalue weighted by molar-refractivity contribution is -0.130. The first kappa shape index (κ1) is 28.4. The predicted molar refractivity (Wildman–Crippen MR) is 130 cm³/mol.